The van der Waals surface area contributed by atoms with Crippen molar-refractivity contribution in [2.24, 2.45) is 0 Å². The number of nitrogens with zero attached hydrogens (tertiary/aromatic N) is 1. The molecule has 2 rings (SSSR count). The first-order valence-corrected chi connectivity index (χ1v) is 4.41. The lowest BCUT2D eigenvalue weighted by atomic mass is 10.0. The minimum Gasteiger partial charge on any atom is -0.480 e. The number of rotatable bonds is 2. The van der Waals surface area contributed by atoms with Gasteiger partial charge in [-0.1, -0.05) is 0 Å². The standard InChI is InChI=1S/C9H11N3O2.ClH.H2O/c13-9(14)8-5-7(11-12-8)6-1-3-10-4-2-6;;/h1-4,7-8,11-12H,5H2,(H,13,14);1H;1H2. The van der Waals surface area contributed by atoms with Gasteiger partial charge in [-0.05, 0) is 24.1 Å². The summed E-state index contributed by atoms with van der Waals surface area (Å²) in [5.74, 6) is -0.825. The van der Waals surface area contributed by atoms with Gasteiger partial charge in [0.15, 0.2) is 0 Å². The SMILES string of the molecule is Cl.O.O=C(O)C1CC(c2ccncc2)NN1. The molecule has 6 nitrogen and oxygen atoms in total. The van der Waals surface area contributed by atoms with E-state index in [2.05, 4.69) is 15.8 Å². The van der Waals surface area contributed by atoms with Crippen molar-refractivity contribution < 1.29 is 15.4 Å². The van der Waals surface area contributed by atoms with E-state index in [1.807, 2.05) is 12.1 Å². The second-order valence-corrected chi connectivity index (χ2v) is 3.25. The summed E-state index contributed by atoms with van der Waals surface area (Å²) in [6.45, 7) is 0. The zero-order valence-corrected chi connectivity index (χ0v) is 9.20. The molecule has 1 aliphatic rings. The Balaban J connectivity index is 0.00000112. The maximum atomic E-state index is 10.7. The van der Waals surface area contributed by atoms with Gasteiger partial charge in [-0.25, -0.2) is 10.9 Å². The summed E-state index contributed by atoms with van der Waals surface area (Å²) in [5.41, 5.74) is 6.73. The van der Waals surface area contributed by atoms with E-state index in [-0.39, 0.29) is 23.9 Å². The van der Waals surface area contributed by atoms with Crippen molar-refractivity contribution in [1.29, 1.82) is 0 Å². The van der Waals surface area contributed by atoms with Crippen LogP contribution in [0.4, 0.5) is 0 Å². The van der Waals surface area contributed by atoms with E-state index in [9.17, 15) is 4.79 Å². The molecule has 7 heteroatoms. The topological polar surface area (TPSA) is 106 Å². The number of hydrogen-bond acceptors (Lipinski definition) is 4. The van der Waals surface area contributed by atoms with Gasteiger partial charge in [-0.3, -0.25) is 9.78 Å². The van der Waals surface area contributed by atoms with Crippen molar-refractivity contribution in [3.8, 4) is 0 Å². The Bertz CT molecular complexity index is 336. The van der Waals surface area contributed by atoms with Crippen LogP contribution in [0.25, 0.3) is 0 Å². The quantitative estimate of drug-likeness (QED) is 0.664. The maximum Gasteiger partial charge on any atom is 0.322 e. The molecule has 1 aliphatic heterocycles. The number of carboxylic acids is 1. The molecular weight excluding hydrogens is 234 g/mol. The molecule has 0 radical (unpaired) electrons. The Hall–Kier alpha value is -1.21. The van der Waals surface area contributed by atoms with E-state index < -0.39 is 12.0 Å². The predicted molar refractivity (Wildman–Crippen MR) is 60.2 cm³/mol. The lowest BCUT2D eigenvalue weighted by Gasteiger charge is -2.07. The van der Waals surface area contributed by atoms with Gasteiger partial charge in [0.2, 0.25) is 0 Å². The largest absolute Gasteiger partial charge is 0.480 e. The van der Waals surface area contributed by atoms with Gasteiger partial charge in [-0.15, -0.1) is 12.4 Å². The van der Waals surface area contributed by atoms with Crippen LogP contribution in [0.2, 0.25) is 0 Å². The Morgan fingerprint density at radius 1 is 1.38 bits per heavy atom. The zero-order valence-electron chi connectivity index (χ0n) is 8.38. The highest BCUT2D eigenvalue weighted by Crippen LogP contribution is 2.21. The van der Waals surface area contributed by atoms with Crippen molar-refractivity contribution >= 4 is 18.4 Å². The van der Waals surface area contributed by atoms with Crippen LogP contribution in [0.5, 0.6) is 0 Å². The number of hydrogen-bond donors (Lipinski definition) is 3. The van der Waals surface area contributed by atoms with Crippen LogP contribution in [0.3, 0.4) is 0 Å². The van der Waals surface area contributed by atoms with Crippen LogP contribution >= 0.6 is 12.4 Å². The zero-order chi connectivity index (χ0) is 9.97. The fraction of sp³-hybridized carbons (Fsp3) is 0.333. The third-order valence-electron chi connectivity index (χ3n) is 2.31. The Labute approximate surface area is 98.8 Å². The number of nitrogens with one attached hydrogen (secondary N) is 2. The molecule has 0 aliphatic carbocycles. The van der Waals surface area contributed by atoms with Crippen molar-refractivity contribution in [3.05, 3.63) is 30.1 Å². The van der Waals surface area contributed by atoms with E-state index in [0.717, 1.165) is 5.56 Å². The average Bonchev–Trinajstić information content (AvgIpc) is 2.68. The lowest BCUT2D eigenvalue weighted by Crippen LogP contribution is -2.36. The molecule has 0 bridgehead atoms. The second-order valence-electron chi connectivity index (χ2n) is 3.25. The molecule has 0 amide bonds. The monoisotopic (exact) mass is 247 g/mol. The van der Waals surface area contributed by atoms with Crippen LogP contribution in [-0.2, 0) is 4.79 Å². The number of carbonyl (C=O) groups is 1. The number of halogens is 1. The third-order valence-corrected chi connectivity index (χ3v) is 2.31. The summed E-state index contributed by atoms with van der Waals surface area (Å²) >= 11 is 0. The average molecular weight is 248 g/mol. The van der Waals surface area contributed by atoms with Gasteiger partial charge in [0, 0.05) is 18.4 Å². The first-order chi connectivity index (χ1) is 6.77. The number of aromatic nitrogens is 1. The van der Waals surface area contributed by atoms with Crippen molar-refractivity contribution in [1.82, 2.24) is 15.8 Å². The van der Waals surface area contributed by atoms with Crippen LogP contribution in [-0.4, -0.2) is 27.6 Å². The third kappa shape index (κ3) is 3.14. The van der Waals surface area contributed by atoms with Crippen LogP contribution in [0.15, 0.2) is 24.5 Å². The second kappa shape index (κ2) is 6.39. The molecular formula is C9H14ClN3O3. The van der Waals surface area contributed by atoms with E-state index in [4.69, 9.17) is 5.11 Å². The van der Waals surface area contributed by atoms with Gasteiger partial charge in [0.1, 0.15) is 6.04 Å². The summed E-state index contributed by atoms with van der Waals surface area (Å²) in [5, 5.41) is 8.76. The minimum atomic E-state index is -0.825. The highest BCUT2D eigenvalue weighted by molar-refractivity contribution is 5.85. The van der Waals surface area contributed by atoms with Gasteiger partial charge in [0.25, 0.3) is 0 Å². The number of aliphatic carboxylic acids is 1. The Morgan fingerprint density at radius 3 is 2.50 bits per heavy atom. The molecule has 1 aromatic heterocycles. The minimum absolute atomic E-state index is 0. The fourth-order valence-electron chi connectivity index (χ4n) is 1.53. The summed E-state index contributed by atoms with van der Waals surface area (Å²) in [4.78, 5) is 14.6. The smallest absolute Gasteiger partial charge is 0.322 e. The van der Waals surface area contributed by atoms with Crippen LogP contribution in [0.1, 0.15) is 18.0 Å². The molecule has 90 valence electrons. The highest BCUT2D eigenvalue weighted by Gasteiger charge is 2.29. The summed E-state index contributed by atoms with van der Waals surface area (Å²) in [6.07, 6.45) is 3.95. The molecule has 0 aromatic carbocycles. The number of carboxylic acid groups (broad SMARTS) is 1. The maximum absolute atomic E-state index is 10.7. The Morgan fingerprint density at radius 2 is 2.00 bits per heavy atom. The first-order valence-electron chi connectivity index (χ1n) is 4.41. The molecule has 1 saturated heterocycles. The lowest BCUT2D eigenvalue weighted by molar-refractivity contribution is -0.139. The molecule has 0 saturated carbocycles. The van der Waals surface area contributed by atoms with Crippen molar-refractivity contribution in [2.45, 2.75) is 18.5 Å². The molecule has 2 unspecified atom stereocenters. The summed E-state index contributed by atoms with van der Waals surface area (Å²) in [6, 6.07) is 3.31. The molecule has 5 N–H and O–H groups in total. The summed E-state index contributed by atoms with van der Waals surface area (Å²) in [7, 11) is 0. The fourth-order valence-corrected chi connectivity index (χ4v) is 1.53. The van der Waals surface area contributed by atoms with E-state index in [1.54, 1.807) is 12.4 Å². The molecule has 16 heavy (non-hydrogen) atoms. The van der Waals surface area contributed by atoms with Gasteiger partial charge in [-0.2, -0.15) is 0 Å². The molecule has 2 heterocycles. The van der Waals surface area contributed by atoms with Crippen LogP contribution in [0, 0.1) is 0 Å². The number of pyridine rings is 1. The van der Waals surface area contributed by atoms with E-state index in [0.29, 0.717) is 6.42 Å². The Kier molecular flexibility index (Phi) is 5.91. The predicted octanol–water partition coefficient (Wildman–Crippen LogP) is -0.329. The molecule has 1 aromatic rings. The first kappa shape index (κ1) is 14.8. The van der Waals surface area contributed by atoms with Crippen LogP contribution < -0.4 is 10.9 Å². The van der Waals surface area contributed by atoms with Gasteiger partial charge < -0.3 is 10.6 Å². The van der Waals surface area contributed by atoms with Gasteiger partial charge >= 0.3 is 5.97 Å². The number of hydrazine groups is 1. The molecule has 2 atom stereocenters. The molecule has 0 spiro atoms. The highest BCUT2D eigenvalue weighted by atomic mass is 35.5. The van der Waals surface area contributed by atoms with Crippen molar-refractivity contribution in [2.75, 3.05) is 0 Å². The van der Waals surface area contributed by atoms with E-state index in [1.165, 1.54) is 0 Å². The normalized spacial score (nSPS) is 23.0. The molecule has 1 fully saturated rings. The van der Waals surface area contributed by atoms with Gasteiger partial charge in [0.05, 0.1) is 0 Å². The van der Waals surface area contributed by atoms with Crippen molar-refractivity contribution in [3.63, 3.8) is 0 Å². The van der Waals surface area contributed by atoms with E-state index >= 15 is 0 Å². The summed E-state index contributed by atoms with van der Waals surface area (Å²) < 4.78 is 0.